The minimum absolute atomic E-state index is 0.343. The molecule has 2 amide bonds. The fourth-order valence-corrected chi connectivity index (χ4v) is 5.10. The van der Waals surface area contributed by atoms with Crippen molar-refractivity contribution in [2.45, 2.75) is 25.4 Å². The quantitative estimate of drug-likeness (QED) is 0.246. The molecule has 4 heterocycles. The van der Waals surface area contributed by atoms with Gasteiger partial charge in [-0.1, -0.05) is 48.5 Å². The van der Waals surface area contributed by atoms with Gasteiger partial charge in [-0.05, 0) is 48.2 Å². The summed E-state index contributed by atoms with van der Waals surface area (Å²) >= 11 is 0. The maximum Gasteiger partial charge on any atom is 0.407 e. The molecule has 2 aromatic carbocycles. The topological polar surface area (TPSA) is 133 Å². The van der Waals surface area contributed by atoms with Crippen LogP contribution in [0.4, 0.5) is 16.3 Å². The lowest BCUT2D eigenvalue weighted by molar-refractivity contribution is -0.119. The predicted octanol–water partition coefficient (Wildman–Crippen LogP) is 5.45. The van der Waals surface area contributed by atoms with Gasteiger partial charge in [-0.25, -0.2) is 14.8 Å². The van der Waals surface area contributed by atoms with Crippen molar-refractivity contribution in [3.63, 3.8) is 0 Å². The van der Waals surface area contributed by atoms with Crippen LogP contribution >= 0.6 is 0 Å². The fraction of sp³-hybridized carbons (Fsp3) is 0.161. The van der Waals surface area contributed by atoms with Gasteiger partial charge in [0.15, 0.2) is 5.82 Å². The first-order chi connectivity index (χ1) is 20.1. The minimum Gasteiger partial charge on any atom is -0.465 e. The molecule has 1 atom stereocenters. The molecular formula is C31H27N7O3. The summed E-state index contributed by atoms with van der Waals surface area (Å²) in [7, 11) is 0. The summed E-state index contributed by atoms with van der Waals surface area (Å²) in [6, 6.07) is 22.8. The lowest BCUT2D eigenvalue weighted by atomic mass is 10.0. The van der Waals surface area contributed by atoms with Crippen molar-refractivity contribution < 1.29 is 14.7 Å². The Balaban J connectivity index is 1.37. The Morgan fingerprint density at radius 2 is 1.80 bits per heavy atom. The van der Waals surface area contributed by atoms with E-state index in [1.807, 2.05) is 54.6 Å². The molecule has 0 saturated carbocycles. The van der Waals surface area contributed by atoms with E-state index in [0.717, 1.165) is 27.7 Å². The van der Waals surface area contributed by atoms with Crippen LogP contribution in [0.15, 0.2) is 91.4 Å². The molecule has 204 valence electrons. The van der Waals surface area contributed by atoms with Crippen molar-refractivity contribution in [2.75, 3.05) is 17.2 Å². The van der Waals surface area contributed by atoms with E-state index in [0.29, 0.717) is 48.8 Å². The Morgan fingerprint density at radius 3 is 2.61 bits per heavy atom. The minimum atomic E-state index is -1.10. The predicted molar refractivity (Wildman–Crippen MR) is 156 cm³/mol. The molecular weight excluding hydrogens is 518 g/mol. The number of nitrogens with zero attached hydrogens (tertiary/aromatic N) is 5. The van der Waals surface area contributed by atoms with Gasteiger partial charge in [0.25, 0.3) is 0 Å². The molecule has 0 radical (unpaired) electrons. The van der Waals surface area contributed by atoms with Gasteiger partial charge in [0.05, 0.1) is 35.0 Å². The highest BCUT2D eigenvalue weighted by atomic mass is 16.4. The van der Waals surface area contributed by atoms with Gasteiger partial charge in [-0.2, -0.15) is 0 Å². The van der Waals surface area contributed by atoms with Crippen LogP contribution in [-0.2, 0) is 11.3 Å². The number of fused-ring (bicyclic) bond motifs is 1. The number of carbonyl (C=O) groups excluding carboxylic acids is 1. The van der Waals surface area contributed by atoms with Crippen LogP contribution in [0.2, 0.25) is 0 Å². The second-order valence-electron chi connectivity index (χ2n) is 9.72. The van der Waals surface area contributed by atoms with Gasteiger partial charge < -0.3 is 15.7 Å². The molecule has 1 aliphatic heterocycles. The van der Waals surface area contributed by atoms with E-state index in [-0.39, 0.29) is 5.91 Å². The third-order valence-electron chi connectivity index (χ3n) is 7.04. The van der Waals surface area contributed by atoms with E-state index in [1.165, 1.54) is 11.1 Å². The number of benzene rings is 2. The molecule has 1 fully saturated rings. The Kier molecular flexibility index (Phi) is 7.19. The summed E-state index contributed by atoms with van der Waals surface area (Å²) < 4.78 is 0. The van der Waals surface area contributed by atoms with Gasteiger partial charge in [0.2, 0.25) is 5.91 Å². The smallest absolute Gasteiger partial charge is 0.407 e. The zero-order valence-electron chi connectivity index (χ0n) is 22.1. The van der Waals surface area contributed by atoms with Gasteiger partial charge in [-0.3, -0.25) is 19.7 Å². The molecule has 6 rings (SSSR count). The summed E-state index contributed by atoms with van der Waals surface area (Å²) in [5.74, 6) is 0.698. The average Bonchev–Trinajstić information content (AvgIpc) is 3.52. The molecule has 1 saturated heterocycles. The van der Waals surface area contributed by atoms with Crippen molar-refractivity contribution in [2.24, 2.45) is 0 Å². The van der Waals surface area contributed by atoms with Crippen LogP contribution in [0.1, 0.15) is 18.5 Å². The van der Waals surface area contributed by atoms with E-state index >= 15 is 0 Å². The Bertz CT molecular complexity index is 1710. The van der Waals surface area contributed by atoms with E-state index in [9.17, 15) is 14.7 Å². The van der Waals surface area contributed by atoms with Crippen LogP contribution in [0.5, 0.6) is 0 Å². The molecule has 10 heteroatoms. The number of hydrogen-bond acceptors (Lipinski definition) is 7. The van der Waals surface area contributed by atoms with Gasteiger partial charge in [0.1, 0.15) is 11.9 Å². The zero-order chi connectivity index (χ0) is 28.2. The lowest BCUT2D eigenvalue weighted by Gasteiger charge is -2.20. The number of likely N-dealkylation sites (tertiary alicyclic amines) is 1. The second-order valence-corrected chi connectivity index (χ2v) is 9.72. The molecule has 0 aliphatic carbocycles. The number of pyridine rings is 2. The fourth-order valence-electron chi connectivity index (χ4n) is 5.10. The highest BCUT2D eigenvalue weighted by Crippen LogP contribution is 2.34. The van der Waals surface area contributed by atoms with Gasteiger partial charge in [0, 0.05) is 24.5 Å². The summed E-state index contributed by atoms with van der Waals surface area (Å²) in [5, 5.41) is 16.6. The summed E-state index contributed by atoms with van der Waals surface area (Å²) in [6.07, 6.45) is 4.94. The Hall–Kier alpha value is -5.38. The maximum atomic E-state index is 12.9. The van der Waals surface area contributed by atoms with E-state index in [4.69, 9.17) is 9.97 Å². The van der Waals surface area contributed by atoms with Crippen molar-refractivity contribution in [3.05, 3.63) is 97.1 Å². The van der Waals surface area contributed by atoms with E-state index in [1.54, 1.807) is 18.5 Å². The molecule has 3 N–H and O–H groups in total. The highest BCUT2D eigenvalue weighted by molar-refractivity contribution is 6.02. The summed E-state index contributed by atoms with van der Waals surface area (Å²) in [4.78, 5) is 44.1. The second kappa shape index (κ2) is 11.4. The molecule has 1 aliphatic rings. The number of aromatic nitrogens is 4. The Labute approximate surface area is 236 Å². The van der Waals surface area contributed by atoms with Crippen LogP contribution in [-0.4, -0.2) is 54.5 Å². The molecule has 0 spiro atoms. The van der Waals surface area contributed by atoms with Crippen molar-refractivity contribution in [1.29, 1.82) is 0 Å². The van der Waals surface area contributed by atoms with Crippen LogP contribution in [0.3, 0.4) is 0 Å². The molecule has 3 aromatic heterocycles. The zero-order valence-corrected chi connectivity index (χ0v) is 22.1. The van der Waals surface area contributed by atoms with Gasteiger partial charge in [-0.15, -0.1) is 0 Å². The first kappa shape index (κ1) is 25.9. The number of nitrogens with one attached hydrogen (secondary N) is 2. The maximum absolute atomic E-state index is 12.9. The van der Waals surface area contributed by atoms with Crippen LogP contribution in [0.25, 0.3) is 33.4 Å². The number of anilines is 2. The average molecular weight is 546 g/mol. The first-order valence-electron chi connectivity index (χ1n) is 13.3. The van der Waals surface area contributed by atoms with Crippen molar-refractivity contribution >= 4 is 34.4 Å². The van der Waals surface area contributed by atoms with E-state index in [2.05, 4.69) is 32.7 Å². The third-order valence-corrected chi connectivity index (χ3v) is 7.04. The van der Waals surface area contributed by atoms with Crippen molar-refractivity contribution in [3.8, 4) is 22.5 Å². The molecule has 0 bridgehead atoms. The monoisotopic (exact) mass is 545 g/mol. The van der Waals surface area contributed by atoms with Crippen molar-refractivity contribution in [1.82, 2.24) is 24.8 Å². The van der Waals surface area contributed by atoms with Crippen LogP contribution in [0, 0.1) is 0 Å². The SMILES string of the molecule is O=C(Nc1cncc(-c2nc(NCc3ccccn3)c3c(-c4ccccc4)cccc3n2)c1)[C@@H]1CCCN1C(=O)O. The molecule has 41 heavy (non-hydrogen) atoms. The number of carbonyl (C=O) groups is 2. The standard InChI is InChI=1S/C31H27N7O3/c39-30(26-13-7-15-38(26)31(40)41)35-23-16-21(17-32-18-23)28-36-25-12-6-11-24(20-8-2-1-3-9-20)27(25)29(37-28)34-19-22-10-4-5-14-33-22/h1-6,8-12,14,16-18,26H,7,13,15,19H2,(H,35,39)(H,40,41)(H,34,36,37)/t26-/m0/s1. The number of amides is 2. The number of hydrogen-bond donors (Lipinski definition) is 3. The lowest BCUT2D eigenvalue weighted by Crippen LogP contribution is -2.42. The highest BCUT2D eigenvalue weighted by Gasteiger charge is 2.34. The third kappa shape index (κ3) is 5.53. The summed E-state index contributed by atoms with van der Waals surface area (Å²) in [5.41, 5.74) is 4.71. The normalized spacial score (nSPS) is 14.6. The summed E-state index contributed by atoms with van der Waals surface area (Å²) in [6.45, 7) is 0.807. The molecule has 0 unspecified atom stereocenters. The number of carboxylic acid groups (broad SMARTS) is 1. The number of rotatable bonds is 7. The molecule has 10 nitrogen and oxygen atoms in total. The first-order valence-corrected chi connectivity index (χ1v) is 13.3. The van der Waals surface area contributed by atoms with E-state index < -0.39 is 12.1 Å². The van der Waals surface area contributed by atoms with Gasteiger partial charge >= 0.3 is 6.09 Å². The largest absolute Gasteiger partial charge is 0.465 e. The Morgan fingerprint density at radius 1 is 0.951 bits per heavy atom. The molecule has 5 aromatic rings. The van der Waals surface area contributed by atoms with Crippen LogP contribution < -0.4 is 10.6 Å².